The van der Waals surface area contributed by atoms with E-state index in [2.05, 4.69) is 17.4 Å². The molecule has 0 spiro atoms. The van der Waals surface area contributed by atoms with Gasteiger partial charge in [-0.1, -0.05) is 84.9 Å². The van der Waals surface area contributed by atoms with E-state index >= 15 is 0 Å². The smallest absolute Gasteiger partial charge is 0.408 e. The van der Waals surface area contributed by atoms with E-state index in [1.54, 1.807) is 14.2 Å². The van der Waals surface area contributed by atoms with Crippen molar-refractivity contribution in [1.29, 1.82) is 0 Å². The Hall–Kier alpha value is -4.82. The minimum absolute atomic E-state index is 0.287. The summed E-state index contributed by atoms with van der Waals surface area (Å²) in [6.07, 6.45) is 0.700. The first-order valence-corrected chi connectivity index (χ1v) is 15.3. The molecular weight excluding hydrogens is 582 g/mol. The van der Waals surface area contributed by atoms with E-state index in [0.29, 0.717) is 19.4 Å². The highest BCUT2D eigenvalue weighted by molar-refractivity contribution is 5.81. The molecule has 0 aliphatic carbocycles. The summed E-state index contributed by atoms with van der Waals surface area (Å²) in [7, 11) is 4.58. The Kier molecular flexibility index (Phi) is 11.8. The molecule has 46 heavy (non-hydrogen) atoms. The third-order valence-electron chi connectivity index (χ3n) is 7.84. The molecule has 0 saturated heterocycles. The van der Waals surface area contributed by atoms with Gasteiger partial charge in [0, 0.05) is 13.0 Å². The van der Waals surface area contributed by atoms with Crippen molar-refractivity contribution < 1.29 is 33.3 Å². The van der Waals surface area contributed by atoms with Crippen molar-refractivity contribution >= 4 is 12.1 Å². The molecule has 0 saturated carbocycles. The number of benzene rings is 4. The van der Waals surface area contributed by atoms with Crippen LogP contribution >= 0.6 is 0 Å². The van der Waals surface area contributed by atoms with Crippen LogP contribution in [-0.2, 0) is 31.0 Å². The fraction of sp³-hybridized carbons (Fsp3) is 0.316. The molecule has 0 aliphatic rings. The van der Waals surface area contributed by atoms with Crippen molar-refractivity contribution in [3.05, 3.63) is 131 Å². The van der Waals surface area contributed by atoms with Gasteiger partial charge in [0.2, 0.25) is 0 Å². The van der Waals surface area contributed by atoms with Crippen molar-refractivity contribution in [3.63, 3.8) is 0 Å². The minimum Gasteiger partial charge on any atom is -0.497 e. The number of hydrogen-bond donors (Lipinski definition) is 1. The Balaban J connectivity index is 1.50. The monoisotopic (exact) mass is 625 g/mol. The van der Waals surface area contributed by atoms with Gasteiger partial charge in [0.1, 0.15) is 28.7 Å². The Labute approximate surface area is 271 Å². The van der Waals surface area contributed by atoms with Crippen LogP contribution in [0.1, 0.15) is 48.9 Å². The van der Waals surface area contributed by atoms with Crippen LogP contribution in [-0.4, -0.2) is 51.6 Å². The highest BCUT2D eigenvalue weighted by atomic mass is 16.6. The number of rotatable bonds is 15. The summed E-state index contributed by atoms with van der Waals surface area (Å²) in [6, 6.07) is 34.4. The van der Waals surface area contributed by atoms with Crippen LogP contribution < -0.4 is 14.8 Å². The highest BCUT2D eigenvalue weighted by Crippen LogP contribution is 2.42. The normalized spacial score (nSPS) is 12.1. The van der Waals surface area contributed by atoms with Crippen LogP contribution in [0.5, 0.6) is 11.5 Å². The molecule has 1 N–H and O–H groups in total. The largest absolute Gasteiger partial charge is 0.497 e. The van der Waals surface area contributed by atoms with Crippen LogP contribution in [0, 0.1) is 0 Å². The van der Waals surface area contributed by atoms with Crippen molar-refractivity contribution in [1.82, 2.24) is 5.32 Å². The first-order chi connectivity index (χ1) is 22.2. The van der Waals surface area contributed by atoms with E-state index in [1.165, 1.54) is 7.11 Å². The molecule has 0 aromatic heterocycles. The van der Waals surface area contributed by atoms with E-state index in [0.717, 1.165) is 33.8 Å². The molecule has 1 atom stereocenters. The molecule has 4 aromatic carbocycles. The minimum atomic E-state index is -0.937. The summed E-state index contributed by atoms with van der Waals surface area (Å²) in [6.45, 7) is 4.04. The highest BCUT2D eigenvalue weighted by Gasteiger charge is 2.38. The van der Waals surface area contributed by atoms with E-state index < -0.39 is 29.3 Å². The van der Waals surface area contributed by atoms with Crippen LogP contribution in [0.4, 0.5) is 4.79 Å². The lowest BCUT2D eigenvalue weighted by atomic mass is 9.80. The Morgan fingerprint density at radius 2 is 1.20 bits per heavy atom. The SMILES string of the molecule is COC(=O)[C@H](Cc1ccccc1)NC(=O)OC(C)(C)CCCOC(c1ccccc1)(c1ccc(OC)cc1)c1ccc(OC)cc1. The topological polar surface area (TPSA) is 92.3 Å². The average molecular weight is 626 g/mol. The molecule has 4 aromatic rings. The number of carbonyl (C=O) groups excluding carboxylic acids is 2. The molecule has 242 valence electrons. The molecule has 8 heteroatoms. The summed E-state index contributed by atoms with van der Waals surface area (Å²) >= 11 is 0. The van der Waals surface area contributed by atoms with E-state index in [-0.39, 0.29) is 6.42 Å². The number of carbonyl (C=O) groups is 2. The number of methoxy groups -OCH3 is 3. The van der Waals surface area contributed by atoms with Crippen LogP contribution in [0.3, 0.4) is 0 Å². The van der Waals surface area contributed by atoms with Gasteiger partial charge in [0.25, 0.3) is 0 Å². The second-order valence-electron chi connectivity index (χ2n) is 11.5. The predicted octanol–water partition coefficient (Wildman–Crippen LogP) is 7.08. The summed E-state index contributed by atoms with van der Waals surface area (Å²) in [4.78, 5) is 25.4. The first kappa shape index (κ1) is 34.1. The molecule has 0 fully saturated rings. The number of ether oxygens (including phenoxy) is 5. The third kappa shape index (κ3) is 8.67. The lowest BCUT2D eigenvalue weighted by Gasteiger charge is -2.36. The Morgan fingerprint density at radius 1 is 0.696 bits per heavy atom. The van der Waals surface area contributed by atoms with Gasteiger partial charge in [0.15, 0.2) is 0 Å². The van der Waals surface area contributed by atoms with Gasteiger partial charge in [-0.05, 0) is 73.2 Å². The van der Waals surface area contributed by atoms with E-state index in [1.807, 2.05) is 111 Å². The number of hydrogen-bond acceptors (Lipinski definition) is 7. The summed E-state index contributed by atoms with van der Waals surface area (Å²) in [5.74, 6) is 0.952. The van der Waals surface area contributed by atoms with Crippen molar-refractivity contribution in [2.75, 3.05) is 27.9 Å². The molecule has 1 amide bonds. The zero-order chi connectivity index (χ0) is 33.0. The van der Waals surface area contributed by atoms with Crippen LogP contribution in [0.15, 0.2) is 109 Å². The lowest BCUT2D eigenvalue weighted by molar-refractivity contribution is -0.143. The second-order valence-corrected chi connectivity index (χ2v) is 11.5. The molecule has 0 heterocycles. The van der Waals surface area contributed by atoms with Gasteiger partial charge in [-0.15, -0.1) is 0 Å². The van der Waals surface area contributed by atoms with Crippen molar-refractivity contribution in [3.8, 4) is 11.5 Å². The number of esters is 1. The van der Waals surface area contributed by atoms with Gasteiger partial charge in [-0.3, -0.25) is 0 Å². The van der Waals surface area contributed by atoms with Gasteiger partial charge in [-0.2, -0.15) is 0 Å². The number of amides is 1. The maximum Gasteiger partial charge on any atom is 0.408 e. The number of nitrogens with one attached hydrogen (secondary N) is 1. The summed E-state index contributed by atoms with van der Waals surface area (Å²) in [5.41, 5.74) is 1.96. The van der Waals surface area contributed by atoms with E-state index in [9.17, 15) is 9.59 Å². The fourth-order valence-electron chi connectivity index (χ4n) is 5.46. The zero-order valence-corrected chi connectivity index (χ0v) is 27.2. The van der Waals surface area contributed by atoms with E-state index in [4.69, 9.17) is 23.7 Å². The Bertz CT molecular complexity index is 1470. The fourth-order valence-corrected chi connectivity index (χ4v) is 5.46. The molecule has 0 radical (unpaired) electrons. The quantitative estimate of drug-likeness (QED) is 0.0857. The van der Waals surface area contributed by atoms with Crippen LogP contribution in [0.25, 0.3) is 0 Å². The number of alkyl carbamates (subject to hydrolysis) is 1. The maximum absolute atomic E-state index is 12.9. The molecule has 0 aliphatic heterocycles. The van der Waals surface area contributed by atoms with Crippen LogP contribution in [0.2, 0.25) is 0 Å². The molecule has 4 rings (SSSR count). The predicted molar refractivity (Wildman–Crippen MR) is 177 cm³/mol. The van der Waals surface area contributed by atoms with Gasteiger partial charge in [-0.25, -0.2) is 9.59 Å². The maximum atomic E-state index is 12.9. The zero-order valence-electron chi connectivity index (χ0n) is 27.2. The van der Waals surface area contributed by atoms with Crippen molar-refractivity contribution in [2.45, 2.75) is 50.4 Å². The van der Waals surface area contributed by atoms with Gasteiger partial charge >= 0.3 is 12.1 Å². The Morgan fingerprint density at radius 3 is 1.70 bits per heavy atom. The van der Waals surface area contributed by atoms with Crippen molar-refractivity contribution in [2.24, 2.45) is 0 Å². The molecular formula is C38H43NO7. The third-order valence-corrected chi connectivity index (χ3v) is 7.84. The van der Waals surface area contributed by atoms with Gasteiger partial charge < -0.3 is 29.0 Å². The first-order valence-electron chi connectivity index (χ1n) is 15.3. The summed E-state index contributed by atoms with van der Waals surface area (Å²) in [5, 5.41) is 2.68. The second kappa shape index (κ2) is 16.0. The van der Waals surface area contributed by atoms with Gasteiger partial charge in [0.05, 0.1) is 21.3 Å². The molecule has 8 nitrogen and oxygen atoms in total. The average Bonchev–Trinajstić information content (AvgIpc) is 3.08. The standard InChI is InChI=1S/C38H43NO7/c1-37(2,46-36(41)39-34(35(40)44-5)27-28-13-8-6-9-14-28)25-12-26-45-38(29-15-10-7-11-16-29,30-17-21-32(42-3)22-18-30)31-19-23-33(43-4)24-20-31/h6-11,13-24,34H,12,25-27H2,1-5H3,(H,39,41)/t34-/m0/s1. The molecule has 0 unspecified atom stereocenters. The molecule has 0 bridgehead atoms. The summed E-state index contributed by atoms with van der Waals surface area (Å²) < 4.78 is 28.5. The lowest BCUT2D eigenvalue weighted by Crippen LogP contribution is -2.45.